The molecule has 0 saturated carbocycles. The molecule has 5 heteroatoms. The Morgan fingerprint density at radius 1 is 1.15 bits per heavy atom. The van der Waals surface area contributed by atoms with Gasteiger partial charge in [0.05, 0.1) is 0 Å². The summed E-state index contributed by atoms with van der Waals surface area (Å²) in [6, 6.07) is 18.7. The first-order valence-corrected chi connectivity index (χ1v) is 9.45. The second kappa shape index (κ2) is 7.94. The number of methoxy groups -OCH3 is 1. The Morgan fingerprint density at radius 2 is 2.00 bits per heavy atom. The van der Waals surface area contributed by atoms with Crippen molar-refractivity contribution in [1.82, 2.24) is 15.2 Å². The Labute approximate surface area is 159 Å². The fraction of sp³-hybridized carbons (Fsp3) is 0.318. The van der Waals surface area contributed by atoms with Gasteiger partial charge in [0, 0.05) is 50.3 Å². The molecule has 0 bridgehead atoms. The molecule has 1 aliphatic rings. The van der Waals surface area contributed by atoms with Crippen LogP contribution in [0.25, 0.3) is 22.0 Å². The zero-order chi connectivity index (χ0) is 18.6. The molecule has 5 nitrogen and oxygen atoms in total. The van der Waals surface area contributed by atoms with Gasteiger partial charge in [0.2, 0.25) is 0 Å². The van der Waals surface area contributed by atoms with Crippen LogP contribution in [-0.2, 0) is 4.74 Å². The summed E-state index contributed by atoms with van der Waals surface area (Å²) >= 11 is 0. The van der Waals surface area contributed by atoms with Crippen molar-refractivity contribution in [3.8, 4) is 11.1 Å². The average molecular weight is 363 g/mol. The average Bonchev–Trinajstić information content (AvgIpc) is 3.16. The Balaban J connectivity index is 1.60. The monoisotopic (exact) mass is 363 g/mol. The first-order valence-electron chi connectivity index (χ1n) is 9.45. The van der Waals surface area contributed by atoms with Crippen molar-refractivity contribution in [3.63, 3.8) is 0 Å². The molecule has 1 aliphatic heterocycles. The number of fused-ring (bicyclic) bond motifs is 1. The van der Waals surface area contributed by atoms with Crippen LogP contribution in [0.15, 0.2) is 54.6 Å². The number of carbonyl (C=O) groups is 1. The van der Waals surface area contributed by atoms with E-state index in [4.69, 9.17) is 4.74 Å². The summed E-state index contributed by atoms with van der Waals surface area (Å²) in [5, 5.41) is 4.43. The van der Waals surface area contributed by atoms with Crippen molar-refractivity contribution in [2.45, 2.75) is 12.5 Å². The largest absolute Gasteiger partial charge is 0.385 e. The molecule has 1 aromatic heterocycles. The summed E-state index contributed by atoms with van der Waals surface area (Å²) in [5.74, 6) is 0.0649. The van der Waals surface area contributed by atoms with E-state index in [1.54, 1.807) is 7.11 Å². The molecule has 2 heterocycles. The van der Waals surface area contributed by atoms with Gasteiger partial charge in [0.1, 0.15) is 5.69 Å². The fourth-order valence-electron chi connectivity index (χ4n) is 3.75. The minimum atomic E-state index is 0.0649. The number of aromatic amines is 1. The number of H-pyrrole nitrogens is 1. The van der Waals surface area contributed by atoms with Crippen molar-refractivity contribution < 1.29 is 9.53 Å². The number of ether oxygens (including phenoxy) is 1. The van der Waals surface area contributed by atoms with Crippen LogP contribution in [0.4, 0.5) is 0 Å². The smallest absolute Gasteiger partial charge is 0.270 e. The maximum atomic E-state index is 13.1. The molecule has 0 radical (unpaired) electrons. The lowest BCUT2D eigenvalue weighted by Gasteiger charge is -2.36. The third-order valence-electron chi connectivity index (χ3n) is 5.22. The molecule has 1 unspecified atom stereocenters. The van der Waals surface area contributed by atoms with Gasteiger partial charge in [-0.25, -0.2) is 0 Å². The Hall–Kier alpha value is -2.63. The van der Waals surface area contributed by atoms with Crippen LogP contribution in [0.1, 0.15) is 16.9 Å². The van der Waals surface area contributed by atoms with Crippen molar-refractivity contribution in [2.75, 3.05) is 33.4 Å². The zero-order valence-corrected chi connectivity index (χ0v) is 15.6. The number of nitrogens with one attached hydrogen (secondary N) is 2. The summed E-state index contributed by atoms with van der Waals surface area (Å²) in [6.07, 6.45) is 0.841. The number of hydrogen-bond acceptors (Lipinski definition) is 3. The lowest BCUT2D eigenvalue weighted by atomic mass is 10.0. The van der Waals surface area contributed by atoms with E-state index >= 15 is 0 Å². The molecular weight excluding hydrogens is 338 g/mol. The van der Waals surface area contributed by atoms with Crippen LogP contribution in [0.2, 0.25) is 0 Å². The molecule has 1 saturated heterocycles. The molecule has 140 valence electrons. The van der Waals surface area contributed by atoms with Crippen molar-refractivity contribution in [1.29, 1.82) is 0 Å². The van der Waals surface area contributed by atoms with Gasteiger partial charge in [-0.15, -0.1) is 0 Å². The van der Waals surface area contributed by atoms with Crippen LogP contribution >= 0.6 is 0 Å². The lowest BCUT2D eigenvalue weighted by Crippen LogP contribution is -2.54. The highest BCUT2D eigenvalue weighted by Crippen LogP contribution is 2.25. The highest BCUT2D eigenvalue weighted by atomic mass is 16.5. The Morgan fingerprint density at radius 3 is 2.81 bits per heavy atom. The molecule has 0 spiro atoms. The summed E-state index contributed by atoms with van der Waals surface area (Å²) in [7, 11) is 1.70. The van der Waals surface area contributed by atoms with Gasteiger partial charge in [-0.1, -0.05) is 36.4 Å². The van der Waals surface area contributed by atoms with Crippen LogP contribution in [-0.4, -0.2) is 55.2 Å². The van der Waals surface area contributed by atoms with Gasteiger partial charge < -0.3 is 19.9 Å². The Kier molecular flexibility index (Phi) is 5.23. The molecule has 1 atom stereocenters. The number of rotatable bonds is 5. The van der Waals surface area contributed by atoms with Gasteiger partial charge >= 0.3 is 0 Å². The maximum Gasteiger partial charge on any atom is 0.270 e. The quantitative estimate of drug-likeness (QED) is 0.731. The summed E-state index contributed by atoms with van der Waals surface area (Å²) in [6.45, 7) is 3.02. The van der Waals surface area contributed by atoms with Crippen LogP contribution in [0.3, 0.4) is 0 Å². The summed E-state index contributed by atoms with van der Waals surface area (Å²) in [5.41, 5.74) is 3.97. The van der Waals surface area contributed by atoms with Crippen molar-refractivity contribution in [2.24, 2.45) is 0 Å². The molecule has 1 fully saturated rings. The maximum absolute atomic E-state index is 13.1. The molecule has 1 amide bonds. The molecule has 0 aliphatic carbocycles. The minimum absolute atomic E-state index is 0.0649. The number of aromatic nitrogens is 1. The third-order valence-corrected chi connectivity index (χ3v) is 5.22. The highest BCUT2D eigenvalue weighted by molar-refractivity contribution is 5.99. The molecule has 27 heavy (non-hydrogen) atoms. The molecule has 2 aromatic carbocycles. The zero-order valence-electron chi connectivity index (χ0n) is 15.6. The topological polar surface area (TPSA) is 57.4 Å². The van der Waals surface area contributed by atoms with Crippen LogP contribution < -0.4 is 5.32 Å². The van der Waals surface area contributed by atoms with E-state index in [9.17, 15) is 4.79 Å². The van der Waals surface area contributed by atoms with E-state index < -0.39 is 0 Å². The van der Waals surface area contributed by atoms with E-state index in [0.717, 1.165) is 42.5 Å². The number of hydrogen-bond donors (Lipinski definition) is 2. The molecular formula is C22H25N3O2. The third kappa shape index (κ3) is 3.75. The predicted molar refractivity (Wildman–Crippen MR) is 108 cm³/mol. The molecule has 4 rings (SSSR count). The highest BCUT2D eigenvalue weighted by Gasteiger charge is 2.28. The number of carbonyl (C=O) groups excluding carboxylic acids is 1. The second-order valence-corrected chi connectivity index (χ2v) is 6.99. The van der Waals surface area contributed by atoms with Crippen molar-refractivity contribution >= 4 is 16.8 Å². The number of piperazine rings is 1. The summed E-state index contributed by atoms with van der Waals surface area (Å²) in [4.78, 5) is 18.4. The molecule has 2 N–H and O–H groups in total. The number of amides is 1. The number of nitrogens with zero attached hydrogens (tertiary/aromatic N) is 1. The Bertz CT molecular complexity index is 920. The summed E-state index contributed by atoms with van der Waals surface area (Å²) < 4.78 is 5.21. The molecule has 3 aromatic rings. The SMILES string of the molecule is COCCC1CNCCN1C(=O)c1cc2cc(-c3ccccc3)ccc2[nH]1. The number of benzene rings is 2. The predicted octanol–water partition coefficient (Wildman–Crippen LogP) is 3.29. The first kappa shape index (κ1) is 17.8. The van der Waals surface area contributed by atoms with Crippen LogP contribution in [0, 0.1) is 0 Å². The minimum Gasteiger partial charge on any atom is -0.385 e. The second-order valence-electron chi connectivity index (χ2n) is 6.99. The first-order chi connectivity index (χ1) is 13.3. The van der Waals surface area contributed by atoms with Gasteiger partial charge in [-0.05, 0) is 35.7 Å². The van der Waals surface area contributed by atoms with E-state index in [0.29, 0.717) is 12.3 Å². The van der Waals surface area contributed by atoms with E-state index in [1.807, 2.05) is 29.2 Å². The van der Waals surface area contributed by atoms with Crippen molar-refractivity contribution in [3.05, 3.63) is 60.3 Å². The lowest BCUT2D eigenvalue weighted by molar-refractivity contribution is 0.0576. The van der Waals surface area contributed by atoms with E-state index in [1.165, 1.54) is 5.56 Å². The standard InChI is InChI=1S/C22H25N3O2/c1-27-12-9-19-15-23-10-11-25(19)22(26)21-14-18-13-17(7-8-20(18)24-21)16-5-3-2-4-6-16/h2-8,13-14,19,23-24H,9-12,15H2,1H3. The van der Waals surface area contributed by atoms with E-state index in [-0.39, 0.29) is 11.9 Å². The van der Waals surface area contributed by atoms with Crippen LogP contribution in [0.5, 0.6) is 0 Å². The fourth-order valence-corrected chi connectivity index (χ4v) is 3.75. The van der Waals surface area contributed by atoms with Gasteiger partial charge in [0.25, 0.3) is 5.91 Å². The van der Waals surface area contributed by atoms with E-state index in [2.05, 4.69) is 40.6 Å². The van der Waals surface area contributed by atoms with Gasteiger partial charge in [0.15, 0.2) is 0 Å². The van der Waals surface area contributed by atoms with Gasteiger partial charge in [-0.3, -0.25) is 4.79 Å². The normalized spacial score (nSPS) is 17.4. The van der Waals surface area contributed by atoms with Gasteiger partial charge in [-0.2, -0.15) is 0 Å².